The van der Waals surface area contributed by atoms with Gasteiger partial charge in [0, 0.05) is 11.6 Å². The Morgan fingerprint density at radius 1 is 1.11 bits per heavy atom. The van der Waals surface area contributed by atoms with Gasteiger partial charge in [-0.1, -0.05) is 41.9 Å². The van der Waals surface area contributed by atoms with Crippen molar-refractivity contribution < 1.29 is 14.3 Å². The van der Waals surface area contributed by atoms with Gasteiger partial charge in [-0.3, -0.25) is 4.68 Å². The third-order valence-electron chi connectivity index (χ3n) is 4.35. The first-order valence-corrected chi connectivity index (χ1v) is 8.63. The highest BCUT2D eigenvalue weighted by molar-refractivity contribution is 6.30. The largest absolute Gasteiger partial charge is 0.478 e. The fourth-order valence-corrected chi connectivity index (χ4v) is 3.27. The third kappa shape index (κ3) is 3.41. The van der Waals surface area contributed by atoms with Gasteiger partial charge in [-0.15, -0.1) is 0 Å². The van der Waals surface area contributed by atoms with Gasteiger partial charge < -0.3 is 5.11 Å². The smallest absolute Gasteiger partial charge is 0.335 e. The number of carbonyl (C=O) groups is 1. The average molecular weight is 381 g/mol. The normalized spacial score (nSPS) is 11.0. The standard InChI is InChI=1S/C21H14ClFN2O2/c22-18-9-13(7-8-19(18)23)11-25-12-17-16(5-2-6-20(17)24-25)14-3-1-4-15(10-14)21(26)27/h1-10,12H,11H2,(H,26,27). The maximum absolute atomic E-state index is 13.3. The first-order chi connectivity index (χ1) is 13.0. The number of aromatic carboxylic acids is 1. The van der Waals surface area contributed by atoms with E-state index < -0.39 is 11.8 Å². The van der Waals surface area contributed by atoms with Gasteiger partial charge in [0.15, 0.2) is 0 Å². The van der Waals surface area contributed by atoms with Crippen LogP contribution in [-0.2, 0) is 6.54 Å². The molecule has 0 aliphatic heterocycles. The Bertz CT molecular complexity index is 1170. The van der Waals surface area contributed by atoms with Crippen LogP contribution in [0.4, 0.5) is 4.39 Å². The van der Waals surface area contributed by atoms with Crippen LogP contribution in [-0.4, -0.2) is 20.9 Å². The van der Waals surface area contributed by atoms with Crippen molar-refractivity contribution >= 4 is 28.5 Å². The van der Waals surface area contributed by atoms with Gasteiger partial charge in [0.05, 0.1) is 22.6 Å². The van der Waals surface area contributed by atoms with Crippen molar-refractivity contribution in [2.45, 2.75) is 6.54 Å². The summed E-state index contributed by atoms with van der Waals surface area (Å²) in [5.74, 6) is -1.42. The molecule has 1 heterocycles. The van der Waals surface area contributed by atoms with Gasteiger partial charge in [0.2, 0.25) is 0 Å². The van der Waals surface area contributed by atoms with E-state index in [1.165, 1.54) is 6.07 Å². The molecule has 0 aliphatic carbocycles. The van der Waals surface area contributed by atoms with Crippen LogP contribution in [0, 0.1) is 5.82 Å². The molecular weight excluding hydrogens is 367 g/mol. The molecule has 0 unspecified atom stereocenters. The van der Waals surface area contributed by atoms with E-state index in [-0.39, 0.29) is 10.6 Å². The first kappa shape index (κ1) is 17.2. The van der Waals surface area contributed by atoms with Crippen molar-refractivity contribution in [3.05, 3.63) is 88.8 Å². The van der Waals surface area contributed by atoms with Crippen LogP contribution in [0.5, 0.6) is 0 Å². The minimum absolute atomic E-state index is 0.0791. The quantitative estimate of drug-likeness (QED) is 0.526. The zero-order valence-corrected chi connectivity index (χ0v) is 14.8. The number of carboxylic acids is 1. The van der Waals surface area contributed by atoms with E-state index in [1.54, 1.807) is 35.0 Å². The molecule has 0 atom stereocenters. The van der Waals surface area contributed by atoms with Crippen molar-refractivity contribution in [1.82, 2.24) is 9.78 Å². The van der Waals surface area contributed by atoms with Crippen LogP contribution < -0.4 is 0 Å². The number of aromatic nitrogens is 2. The molecule has 4 rings (SSSR count). The van der Waals surface area contributed by atoms with Gasteiger partial charge >= 0.3 is 5.97 Å². The number of fused-ring (bicyclic) bond motifs is 1. The lowest BCUT2D eigenvalue weighted by Gasteiger charge is -2.04. The van der Waals surface area contributed by atoms with Crippen molar-refractivity contribution in [1.29, 1.82) is 0 Å². The number of hydrogen-bond donors (Lipinski definition) is 1. The number of benzene rings is 3. The second-order valence-electron chi connectivity index (χ2n) is 6.20. The predicted octanol–water partition coefficient (Wildman–Crippen LogP) is 5.24. The number of hydrogen-bond acceptors (Lipinski definition) is 2. The van der Waals surface area contributed by atoms with Crippen LogP contribution in [0.3, 0.4) is 0 Å². The van der Waals surface area contributed by atoms with Gasteiger partial charge in [0.25, 0.3) is 0 Å². The summed E-state index contributed by atoms with van der Waals surface area (Å²) in [6.07, 6.45) is 1.90. The molecule has 0 radical (unpaired) electrons. The molecule has 0 saturated heterocycles. The minimum atomic E-state index is -0.965. The Balaban J connectivity index is 1.75. The molecule has 0 bridgehead atoms. The Hall–Kier alpha value is -3.18. The van der Waals surface area contributed by atoms with E-state index in [1.807, 2.05) is 30.5 Å². The number of rotatable bonds is 4. The van der Waals surface area contributed by atoms with E-state index in [9.17, 15) is 14.3 Å². The Morgan fingerprint density at radius 3 is 2.70 bits per heavy atom. The van der Waals surface area contributed by atoms with Crippen LogP contribution >= 0.6 is 11.6 Å². The highest BCUT2D eigenvalue weighted by Crippen LogP contribution is 2.29. The molecule has 0 saturated carbocycles. The van der Waals surface area contributed by atoms with E-state index in [0.29, 0.717) is 6.54 Å². The summed E-state index contributed by atoms with van der Waals surface area (Å²) in [5, 5.41) is 14.8. The summed E-state index contributed by atoms with van der Waals surface area (Å²) >= 11 is 5.85. The van der Waals surface area contributed by atoms with Gasteiger partial charge in [-0.05, 0) is 47.0 Å². The van der Waals surface area contributed by atoms with Crippen molar-refractivity contribution in [3.8, 4) is 11.1 Å². The molecule has 3 aromatic carbocycles. The Labute approximate surface area is 159 Å². The first-order valence-electron chi connectivity index (χ1n) is 8.25. The highest BCUT2D eigenvalue weighted by atomic mass is 35.5. The molecule has 4 nitrogen and oxygen atoms in total. The second kappa shape index (κ2) is 6.85. The summed E-state index contributed by atoms with van der Waals surface area (Å²) in [4.78, 5) is 11.3. The molecule has 27 heavy (non-hydrogen) atoms. The lowest BCUT2D eigenvalue weighted by Crippen LogP contribution is -2.00. The molecule has 0 aliphatic rings. The summed E-state index contributed by atoms with van der Waals surface area (Å²) in [7, 11) is 0. The van der Waals surface area contributed by atoms with Gasteiger partial charge in [0.1, 0.15) is 5.82 Å². The molecule has 1 N–H and O–H groups in total. The molecule has 1 aromatic heterocycles. The minimum Gasteiger partial charge on any atom is -0.478 e. The summed E-state index contributed by atoms with van der Waals surface area (Å²) < 4.78 is 15.1. The Morgan fingerprint density at radius 2 is 1.93 bits per heavy atom. The van der Waals surface area contributed by atoms with Crippen LogP contribution in [0.25, 0.3) is 22.0 Å². The van der Waals surface area contributed by atoms with Crippen molar-refractivity contribution in [3.63, 3.8) is 0 Å². The average Bonchev–Trinajstić information content (AvgIpc) is 3.07. The molecule has 0 fully saturated rings. The van der Waals surface area contributed by atoms with Crippen molar-refractivity contribution in [2.24, 2.45) is 0 Å². The number of nitrogens with zero attached hydrogens (tertiary/aromatic N) is 2. The number of halogens is 2. The van der Waals surface area contributed by atoms with Crippen molar-refractivity contribution in [2.75, 3.05) is 0 Å². The lowest BCUT2D eigenvalue weighted by molar-refractivity contribution is 0.0697. The van der Waals surface area contributed by atoms with E-state index in [0.717, 1.165) is 27.6 Å². The van der Waals surface area contributed by atoms with Crippen LogP contribution in [0.2, 0.25) is 5.02 Å². The molecular formula is C21H14ClFN2O2. The zero-order valence-electron chi connectivity index (χ0n) is 14.1. The fraction of sp³-hybridized carbons (Fsp3) is 0.0476. The summed E-state index contributed by atoms with van der Waals surface area (Å²) in [6.45, 7) is 0.448. The molecule has 134 valence electrons. The van der Waals surface area contributed by atoms with Crippen LogP contribution in [0.15, 0.2) is 66.9 Å². The topological polar surface area (TPSA) is 55.1 Å². The zero-order chi connectivity index (χ0) is 19.0. The van der Waals surface area contributed by atoms with Gasteiger partial charge in [-0.2, -0.15) is 5.10 Å². The van der Waals surface area contributed by atoms with E-state index in [4.69, 9.17) is 11.6 Å². The maximum atomic E-state index is 13.3. The second-order valence-corrected chi connectivity index (χ2v) is 6.61. The summed E-state index contributed by atoms with van der Waals surface area (Å²) in [6, 6.07) is 17.1. The van der Waals surface area contributed by atoms with Crippen LogP contribution in [0.1, 0.15) is 15.9 Å². The molecule has 4 aromatic rings. The van der Waals surface area contributed by atoms with E-state index in [2.05, 4.69) is 5.10 Å². The molecule has 0 amide bonds. The number of carboxylic acid groups (broad SMARTS) is 1. The van der Waals surface area contributed by atoms with E-state index >= 15 is 0 Å². The molecule has 0 spiro atoms. The third-order valence-corrected chi connectivity index (χ3v) is 4.64. The predicted molar refractivity (Wildman–Crippen MR) is 103 cm³/mol. The highest BCUT2D eigenvalue weighted by Gasteiger charge is 2.11. The fourth-order valence-electron chi connectivity index (χ4n) is 3.07. The Kier molecular flexibility index (Phi) is 4.38. The summed E-state index contributed by atoms with van der Waals surface area (Å²) in [5.41, 5.74) is 3.58. The van der Waals surface area contributed by atoms with Gasteiger partial charge in [-0.25, -0.2) is 9.18 Å². The lowest BCUT2D eigenvalue weighted by atomic mass is 10.00. The maximum Gasteiger partial charge on any atom is 0.335 e. The monoisotopic (exact) mass is 380 g/mol. The molecule has 6 heteroatoms. The SMILES string of the molecule is O=C(O)c1cccc(-c2cccc3nn(Cc4ccc(F)c(Cl)c4)cc23)c1.